The molecule has 0 saturated heterocycles. The standard InChI is InChI=1S/C22H32N4OS/c1-6-26-21(18-11-12-18)24-25-22(26)28-13-19(27)23-20(15(4)5)17-9-7-16(8-10-17)14(2)3/h7-10,14-15,18,20H,6,11-13H2,1-5H3,(H,23,27)/t20-/m0/s1. The van der Waals surface area contributed by atoms with E-state index in [1.54, 1.807) is 0 Å². The van der Waals surface area contributed by atoms with Gasteiger partial charge >= 0.3 is 0 Å². The number of aromatic nitrogens is 3. The number of rotatable bonds is 9. The first-order chi connectivity index (χ1) is 13.4. The van der Waals surface area contributed by atoms with Crippen molar-refractivity contribution in [3.05, 3.63) is 41.2 Å². The molecule has 1 amide bonds. The predicted octanol–water partition coefficient (Wildman–Crippen LogP) is 4.90. The second kappa shape index (κ2) is 9.12. The van der Waals surface area contributed by atoms with Gasteiger partial charge in [-0.25, -0.2) is 0 Å². The van der Waals surface area contributed by atoms with Crippen molar-refractivity contribution in [1.82, 2.24) is 20.1 Å². The Labute approximate surface area is 172 Å². The summed E-state index contributed by atoms with van der Waals surface area (Å²) >= 11 is 1.48. The van der Waals surface area contributed by atoms with Crippen molar-refractivity contribution in [1.29, 1.82) is 0 Å². The summed E-state index contributed by atoms with van der Waals surface area (Å²) in [7, 11) is 0. The van der Waals surface area contributed by atoms with E-state index in [-0.39, 0.29) is 11.9 Å². The van der Waals surface area contributed by atoms with Crippen molar-refractivity contribution < 1.29 is 4.79 Å². The van der Waals surface area contributed by atoms with E-state index in [1.165, 1.54) is 30.2 Å². The lowest BCUT2D eigenvalue weighted by Gasteiger charge is -2.23. The van der Waals surface area contributed by atoms with Crippen molar-refractivity contribution in [3.8, 4) is 0 Å². The van der Waals surface area contributed by atoms with E-state index in [9.17, 15) is 4.79 Å². The molecule has 6 heteroatoms. The van der Waals surface area contributed by atoms with E-state index in [0.717, 1.165) is 23.1 Å². The zero-order valence-corrected chi connectivity index (χ0v) is 18.4. The molecule has 3 rings (SSSR count). The van der Waals surface area contributed by atoms with Gasteiger partial charge in [-0.05, 0) is 42.7 Å². The molecule has 2 aromatic rings. The molecule has 0 radical (unpaired) electrons. The van der Waals surface area contributed by atoms with E-state index in [2.05, 4.69) is 79.0 Å². The highest BCUT2D eigenvalue weighted by Crippen LogP contribution is 2.40. The molecule has 0 aliphatic heterocycles. The van der Waals surface area contributed by atoms with Crippen LogP contribution in [0.3, 0.4) is 0 Å². The fraction of sp³-hybridized carbons (Fsp3) is 0.591. The maximum Gasteiger partial charge on any atom is 0.230 e. The van der Waals surface area contributed by atoms with E-state index in [1.807, 2.05) is 0 Å². The van der Waals surface area contributed by atoms with Gasteiger partial charge in [0.15, 0.2) is 5.16 Å². The van der Waals surface area contributed by atoms with Crippen LogP contribution in [-0.2, 0) is 11.3 Å². The summed E-state index contributed by atoms with van der Waals surface area (Å²) in [4.78, 5) is 12.6. The quantitative estimate of drug-likeness (QED) is 0.608. The van der Waals surface area contributed by atoms with E-state index in [0.29, 0.717) is 23.5 Å². The summed E-state index contributed by atoms with van der Waals surface area (Å²) in [6, 6.07) is 8.63. The first-order valence-corrected chi connectivity index (χ1v) is 11.3. The molecule has 152 valence electrons. The second-order valence-corrected chi connectivity index (χ2v) is 9.20. The third-order valence-corrected chi connectivity index (χ3v) is 6.25. The lowest BCUT2D eigenvalue weighted by Crippen LogP contribution is -2.33. The normalized spacial score (nSPS) is 15.2. The van der Waals surface area contributed by atoms with Gasteiger partial charge in [0.25, 0.3) is 0 Å². The fourth-order valence-corrected chi connectivity index (χ4v) is 4.24. The smallest absolute Gasteiger partial charge is 0.230 e. The number of benzene rings is 1. The molecule has 1 heterocycles. The van der Waals surface area contributed by atoms with Crippen LogP contribution in [0.4, 0.5) is 0 Å². The highest BCUT2D eigenvalue weighted by Gasteiger charge is 2.30. The molecule has 1 atom stereocenters. The third-order valence-electron chi connectivity index (χ3n) is 5.28. The lowest BCUT2D eigenvalue weighted by molar-refractivity contribution is -0.119. The Morgan fingerprint density at radius 1 is 1.14 bits per heavy atom. The Bertz CT molecular complexity index is 793. The summed E-state index contributed by atoms with van der Waals surface area (Å²) in [5, 5.41) is 12.7. The molecular formula is C22H32N4OS. The van der Waals surface area contributed by atoms with Crippen LogP contribution in [0, 0.1) is 5.92 Å². The number of nitrogens with one attached hydrogen (secondary N) is 1. The second-order valence-electron chi connectivity index (χ2n) is 8.26. The molecule has 0 unspecified atom stereocenters. The van der Waals surface area contributed by atoms with E-state index >= 15 is 0 Å². The molecule has 1 aromatic carbocycles. The molecule has 5 nitrogen and oxygen atoms in total. The number of hydrogen-bond donors (Lipinski definition) is 1. The van der Waals surface area contributed by atoms with Crippen molar-refractivity contribution in [2.45, 2.75) is 77.0 Å². The zero-order valence-electron chi connectivity index (χ0n) is 17.6. The lowest BCUT2D eigenvalue weighted by atomic mass is 9.93. The highest BCUT2D eigenvalue weighted by atomic mass is 32.2. The monoisotopic (exact) mass is 400 g/mol. The molecule has 0 spiro atoms. The Morgan fingerprint density at radius 3 is 2.32 bits per heavy atom. The summed E-state index contributed by atoms with van der Waals surface area (Å²) in [6.45, 7) is 11.6. The molecule has 1 fully saturated rings. The fourth-order valence-electron chi connectivity index (χ4n) is 3.42. The summed E-state index contributed by atoms with van der Waals surface area (Å²) in [5.74, 6) is 2.87. The van der Waals surface area contributed by atoms with Gasteiger partial charge in [-0.15, -0.1) is 10.2 Å². The third kappa shape index (κ3) is 4.96. The van der Waals surface area contributed by atoms with Gasteiger partial charge in [-0.2, -0.15) is 0 Å². The minimum Gasteiger partial charge on any atom is -0.348 e. The van der Waals surface area contributed by atoms with Gasteiger partial charge in [0.2, 0.25) is 5.91 Å². The number of hydrogen-bond acceptors (Lipinski definition) is 4. The van der Waals surface area contributed by atoms with Crippen molar-refractivity contribution in [2.24, 2.45) is 5.92 Å². The van der Waals surface area contributed by atoms with Gasteiger partial charge in [-0.1, -0.05) is 63.7 Å². The van der Waals surface area contributed by atoms with Gasteiger partial charge in [0, 0.05) is 12.5 Å². The van der Waals surface area contributed by atoms with Gasteiger partial charge in [0.1, 0.15) is 5.82 Å². The van der Waals surface area contributed by atoms with Crippen molar-refractivity contribution in [2.75, 3.05) is 5.75 Å². The first kappa shape index (κ1) is 20.9. The first-order valence-electron chi connectivity index (χ1n) is 10.4. The van der Waals surface area contributed by atoms with Crippen LogP contribution in [0.1, 0.15) is 82.3 Å². The highest BCUT2D eigenvalue weighted by molar-refractivity contribution is 7.99. The Balaban J connectivity index is 1.61. The predicted molar refractivity (Wildman–Crippen MR) is 115 cm³/mol. The average molecular weight is 401 g/mol. The Kier molecular flexibility index (Phi) is 6.81. The number of carbonyl (C=O) groups excluding carboxylic acids is 1. The van der Waals surface area contributed by atoms with Crippen molar-refractivity contribution >= 4 is 17.7 Å². The van der Waals surface area contributed by atoms with Gasteiger partial charge in [0.05, 0.1) is 11.8 Å². The molecule has 1 N–H and O–H groups in total. The van der Waals surface area contributed by atoms with Crippen LogP contribution < -0.4 is 5.32 Å². The molecule has 0 bridgehead atoms. The zero-order chi connectivity index (χ0) is 20.3. The van der Waals surface area contributed by atoms with Crippen LogP contribution in [-0.4, -0.2) is 26.4 Å². The van der Waals surface area contributed by atoms with Crippen LogP contribution in [0.2, 0.25) is 0 Å². The van der Waals surface area contributed by atoms with E-state index in [4.69, 9.17) is 0 Å². The maximum absolute atomic E-state index is 12.6. The van der Waals surface area contributed by atoms with Gasteiger partial charge in [-0.3, -0.25) is 4.79 Å². The number of carbonyl (C=O) groups is 1. The maximum atomic E-state index is 12.6. The number of thioether (sulfide) groups is 1. The Hall–Kier alpha value is -1.82. The van der Waals surface area contributed by atoms with Gasteiger partial charge < -0.3 is 9.88 Å². The van der Waals surface area contributed by atoms with Crippen molar-refractivity contribution in [3.63, 3.8) is 0 Å². The number of nitrogens with zero attached hydrogens (tertiary/aromatic N) is 3. The molecule has 1 aliphatic carbocycles. The van der Waals surface area contributed by atoms with Crippen LogP contribution in [0.15, 0.2) is 29.4 Å². The topological polar surface area (TPSA) is 59.8 Å². The summed E-state index contributed by atoms with van der Waals surface area (Å²) < 4.78 is 2.15. The molecule has 28 heavy (non-hydrogen) atoms. The molecular weight excluding hydrogens is 368 g/mol. The minimum absolute atomic E-state index is 0.0142. The van der Waals surface area contributed by atoms with Crippen LogP contribution >= 0.6 is 11.8 Å². The largest absolute Gasteiger partial charge is 0.348 e. The molecule has 1 aliphatic rings. The minimum atomic E-state index is 0.0142. The van der Waals surface area contributed by atoms with E-state index < -0.39 is 0 Å². The summed E-state index contributed by atoms with van der Waals surface area (Å²) in [6.07, 6.45) is 2.41. The molecule has 1 saturated carbocycles. The Morgan fingerprint density at radius 2 is 1.79 bits per heavy atom. The van der Waals surface area contributed by atoms with Crippen LogP contribution in [0.25, 0.3) is 0 Å². The summed E-state index contributed by atoms with van der Waals surface area (Å²) in [5.41, 5.74) is 2.48. The van der Waals surface area contributed by atoms with Crippen LogP contribution in [0.5, 0.6) is 0 Å². The average Bonchev–Trinajstić information content (AvgIpc) is 3.44. The number of amides is 1. The molecule has 1 aromatic heterocycles. The SMILES string of the molecule is CCn1c(SCC(=O)N[C@H](c2ccc(C(C)C)cc2)C(C)C)nnc1C1CC1.